The third-order valence-electron chi connectivity index (χ3n) is 5.84. The van der Waals surface area contributed by atoms with Crippen LogP contribution in [0.25, 0.3) is 0 Å². The summed E-state index contributed by atoms with van der Waals surface area (Å²) >= 11 is 1.15. The predicted molar refractivity (Wildman–Crippen MR) is 128 cm³/mol. The van der Waals surface area contributed by atoms with Crippen molar-refractivity contribution >= 4 is 45.6 Å². The molecule has 0 radical (unpaired) electrons. The van der Waals surface area contributed by atoms with E-state index in [0.29, 0.717) is 50.5 Å². The summed E-state index contributed by atoms with van der Waals surface area (Å²) in [7, 11) is 0. The highest BCUT2D eigenvalue weighted by Gasteiger charge is 2.30. The number of nitrogens with two attached hydrogens (primary N) is 1. The van der Waals surface area contributed by atoms with E-state index in [4.69, 9.17) is 15.2 Å². The zero-order valence-electron chi connectivity index (χ0n) is 19.1. The van der Waals surface area contributed by atoms with Crippen molar-refractivity contribution in [3.05, 3.63) is 49.9 Å². The number of carbonyl (C=O) groups is 3. The lowest BCUT2D eigenvalue weighted by molar-refractivity contribution is -0.384. The molecule has 186 valence electrons. The molecule has 3 amide bonds. The lowest BCUT2D eigenvalue weighted by Crippen LogP contribution is -2.36. The fourth-order valence-electron chi connectivity index (χ4n) is 4.18. The van der Waals surface area contributed by atoms with Crippen molar-refractivity contribution in [2.24, 2.45) is 5.73 Å². The Bertz CT molecular complexity index is 1180. The molecule has 0 aliphatic carbocycles. The van der Waals surface area contributed by atoms with E-state index >= 15 is 0 Å². The van der Waals surface area contributed by atoms with Crippen LogP contribution in [0.3, 0.4) is 0 Å². The third-order valence-corrected chi connectivity index (χ3v) is 6.97. The van der Waals surface area contributed by atoms with E-state index in [0.717, 1.165) is 16.2 Å². The summed E-state index contributed by atoms with van der Waals surface area (Å²) in [6, 6.07) is 4.27. The summed E-state index contributed by atoms with van der Waals surface area (Å²) in [6.45, 7) is 4.50. The van der Waals surface area contributed by atoms with Crippen LogP contribution in [0.5, 0.6) is 0 Å². The van der Waals surface area contributed by atoms with Crippen molar-refractivity contribution in [2.75, 3.05) is 49.7 Å². The van der Waals surface area contributed by atoms with Crippen molar-refractivity contribution in [1.29, 1.82) is 0 Å². The van der Waals surface area contributed by atoms with Gasteiger partial charge in [0.15, 0.2) is 0 Å². The minimum absolute atomic E-state index is 0.0728. The van der Waals surface area contributed by atoms with Gasteiger partial charge in [-0.1, -0.05) is 0 Å². The molecule has 0 bridgehead atoms. The quantitative estimate of drug-likeness (QED) is 0.449. The van der Waals surface area contributed by atoms with Crippen LogP contribution in [0.4, 0.5) is 21.2 Å². The number of primary amides is 1. The van der Waals surface area contributed by atoms with E-state index in [1.165, 1.54) is 17.0 Å². The number of amides is 3. The number of morpholine rings is 1. The molecule has 1 aromatic heterocycles. The summed E-state index contributed by atoms with van der Waals surface area (Å²) in [5, 5.41) is 14.7. The Morgan fingerprint density at radius 1 is 1.26 bits per heavy atom. The van der Waals surface area contributed by atoms with Gasteiger partial charge in [-0.15, -0.1) is 11.3 Å². The van der Waals surface area contributed by atoms with Crippen molar-refractivity contribution in [3.8, 4) is 0 Å². The van der Waals surface area contributed by atoms with Crippen LogP contribution in [0.15, 0.2) is 18.2 Å². The highest BCUT2D eigenvalue weighted by atomic mass is 32.1. The lowest BCUT2D eigenvalue weighted by Gasteiger charge is -2.28. The molecule has 2 aliphatic rings. The molecule has 2 aromatic rings. The summed E-state index contributed by atoms with van der Waals surface area (Å²) in [5.41, 5.74) is 6.79. The molecule has 3 N–H and O–H groups in total. The second-order valence-corrected chi connectivity index (χ2v) is 9.06. The average molecular weight is 504 g/mol. The molecule has 1 aromatic carbocycles. The number of carbonyl (C=O) groups excluding carboxylic acids is 3. The summed E-state index contributed by atoms with van der Waals surface area (Å²) in [6.07, 6.45) is -0.0659. The van der Waals surface area contributed by atoms with Crippen molar-refractivity contribution < 1.29 is 28.8 Å². The maximum absolute atomic E-state index is 13.0. The normalized spacial score (nSPS) is 15.3. The first-order chi connectivity index (χ1) is 16.8. The molecular formula is C22H25N5O7S. The van der Waals surface area contributed by atoms with Crippen LogP contribution in [-0.4, -0.2) is 67.2 Å². The van der Waals surface area contributed by atoms with Crippen molar-refractivity contribution in [3.63, 3.8) is 0 Å². The number of fused-ring (bicyclic) bond motifs is 1. The van der Waals surface area contributed by atoms with E-state index in [-0.39, 0.29) is 35.0 Å². The van der Waals surface area contributed by atoms with Gasteiger partial charge in [-0.25, -0.2) is 4.79 Å². The molecule has 0 saturated carbocycles. The van der Waals surface area contributed by atoms with Crippen LogP contribution in [0, 0.1) is 10.1 Å². The number of rotatable bonds is 6. The maximum atomic E-state index is 13.0. The number of nitro groups is 1. The maximum Gasteiger partial charge on any atom is 0.410 e. The average Bonchev–Trinajstić information content (AvgIpc) is 3.21. The van der Waals surface area contributed by atoms with Gasteiger partial charge in [0.2, 0.25) is 0 Å². The van der Waals surface area contributed by atoms with Crippen molar-refractivity contribution in [2.45, 2.75) is 19.9 Å². The van der Waals surface area contributed by atoms with Crippen molar-refractivity contribution in [1.82, 2.24) is 4.90 Å². The van der Waals surface area contributed by atoms with Gasteiger partial charge in [0.1, 0.15) is 10.7 Å². The molecule has 2 aliphatic heterocycles. The number of nitrogens with zero attached hydrogens (tertiary/aromatic N) is 3. The fraction of sp³-hybridized carbons (Fsp3) is 0.409. The molecule has 13 heteroatoms. The van der Waals surface area contributed by atoms with Crippen LogP contribution in [0.2, 0.25) is 0 Å². The van der Waals surface area contributed by atoms with E-state index in [1.807, 2.05) is 4.90 Å². The smallest absolute Gasteiger partial charge is 0.410 e. The summed E-state index contributed by atoms with van der Waals surface area (Å²) in [4.78, 5) is 52.6. The first-order valence-electron chi connectivity index (χ1n) is 11.1. The SMILES string of the molecule is CCOC(=O)N1CCc2c(sc(NC(=O)c3ccc(N4CCOCC4)c([N+](=O)[O-])c3)c2C(N)=O)C1. The van der Waals surface area contributed by atoms with Gasteiger partial charge in [0.25, 0.3) is 17.5 Å². The number of hydrogen-bond donors (Lipinski definition) is 2. The number of benzene rings is 1. The van der Waals surface area contributed by atoms with Gasteiger partial charge in [0, 0.05) is 36.1 Å². The number of ether oxygens (including phenoxy) is 2. The number of nitro benzene ring substituents is 1. The minimum atomic E-state index is -0.698. The van der Waals surface area contributed by atoms with Gasteiger partial charge in [-0.05, 0) is 31.0 Å². The van der Waals surface area contributed by atoms with Gasteiger partial charge in [-0.3, -0.25) is 19.7 Å². The monoisotopic (exact) mass is 503 g/mol. The van der Waals surface area contributed by atoms with Gasteiger partial charge < -0.3 is 30.3 Å². The summed E-state index contributed by atoms with van der Waals surface area (Å²) < 4.78 is 10.4. The zero-order valence-corrected chi connectivity index (χ0v) is 19.9. The van der Waals surface area contributed by atoms with Crippen LogP contribution in [-0.2, 0) is 22.4 Å². The Kier molecular flexibility index (Phi) is 7.17. The van der Waals surface area contributed by atoms with Crippen LogP contribution in [0.1, 0.15) is 38.1 Å². The van der Waals surface area contributed by atoms with E-state index in [9.17, 15) is 24.5 Å². The first-order valence-corrected chi connectivity index (χ1v) is 11.9. The van der Waals surface area contributed by atoms with Gasteiger partial charge in [-0.2, -0.15) is 0 Å². The molecule has 0 atom stereocenters. The Morgan fingerprint density at radius 2 is 2.00 bits per heavy atom. The molecule has 0 spiro atoms. The second kappa shape index (κ2) is 10.3. The van der Waals surface area contributed by atoms with Gasteiger partial charge in [0.05, 0.1) is 36.9 Å². The fourth-order valence-corrected chi connectivity index (χ4v) is 5.44. The van der Waals surface area contributed by atoms with Crippen LogP contribution < -0.4 is 16.0 Å². The first kappa shape index (κ1) is 24.4. The molecular weight excluding hydrogens is 478 g/mol. The van der Waals surface area contributed by atoms with E-state index in [2.05, 4.69) is 5.32 Å². The third kappa shape index (κ3) is 5.05. The standard InChI is InChI=1S/C22H25N5O7S/c1-2-34-22(30)26-6-5-14-17(12-26)35-21(18(14)19(23)28)24-20(29)13-3-4-15(16(11-13)27(31)32)25-7-9-33-10-8-25/h3-4,11H,2,5-10,12H2,1H3,(H2,23,28)(H,24,29). The Hall–Kier alpha value is -3.71. The Morgan fingerprint density at radius 3 is 2.66 bits per heavy atom. The molecule has 1 saturated heterocycles. The number of thiophene rings is 1. The molecule has 1 fully saturated rings. The minimum Gasteiger partial charge on any atom is -0.450 e. The zero-order chi connectivity index (χ0) is 25.1. The molecule has 12 nitrogen and oxygen atoms in total. The lowest BCUT2D eigenvalue weighted by atomic mass is 10.0. The number of nitrogens with one attached hydrogen (secondary N) is 1. The number of hydrogen-bond acceptors (Lipinski definition) is 9. The highest BCUT2D eigenvalue weighted by Crippen LogP contribution is 2.38. The largest absolute Gasteiger partial charge is 0.450 e. The van der Waals surface area contributed by atoms with E-state index in [1.54, 1.807) is 13.0 Å². The topological polar surface area (TPSA) is 157 Å². The second-order valence-electron chi connectivity index (χ2n) is 7.96. The van der Waals surface area contributed by atoms with E-state index < -0.39 is 22.8 Å². The Balaban J connectivity index is 1.59. The Labute approximate surface area is 204 Å². The summed E-state index contributed by atoms with van der Waals surface area (Å²) in [5.74, 6) is -1.30. The van der Waals surface area contributed by atoms with Gasteiger partial charge >= 0.3 is 6.09 Å². The van der Waals surface area contributed by atoms with Crippen LogP contribution >= 0.6 is 11.3 Å². The molecule has 4 rings (SSSR count). The highest BCUT2D eigenvalue weighted by molar-refractivity contribution is 7.17. The molecule has 35 heavy (non-hydrogen) atoms. The number of anilines is 2. The predicted octanol–water partition coefficient (Wildman–Crippen LogP) is 2.36. The molecule has 0 unspecified atom stereocenters. The molecule has 3 heterocycles.